The lowest BCUT2D eigenvalue weighted by Crippen LogP contribution is -2.29. The highest BCUT2D eigenvalue weighted by Gasteiger charge is 2.53. The summed E-state index contributed by atoms with van der Waals surface area (Å²) in [6.07, 6.45) is 1.61. The molecule has 1 aliphatic rings. The van der Waals surface area contributed by atoms with Crippen LogP contribution < -0.4 is 4.72 Å². The van der Waals surface area contributed by atoms with Crippen molar-refractivity contribution in [3.63, 3.8) is 0 Å². The highest BCUT2D eigenvalue weighted by atomic mass is 32.2. The zero-order valence-corrected chi connectivity index (χ0v) is 15.9. The van der Waals surface area contributed by atoms with Gasteiger partial charge in [-0.05, 0) is 24.1 Å². The number of pyridine rings is 1. The second-order valence-electron chi connectivity index (χ2n) is 6.76. The van der Waals surface area contributed by atoms with Crippen molar-refractivity contribution in [1.29, 1.82) is 0 Å². The van der Waals surface area contributed by atoms with Crippen molar-refractivity contribution in [2.75, 3.05) is 0 Å². The zero-order valence-electron chi connectivity index (χ0n) is 14.3. The molecule has 140 valence electrons. The summed E-state index contributed by atoms with van der Waals surface area (Å²) < 4.78 is 55.1. The molecule has 0 radical (unpaired) electrons. The smallest absolute Gasteiger partial charge is 0.249 e. The first-order chi connectivity index (χ1) is 12.8. The minimum Gasteiger partial charge on any atom is -0.249 e. The van der Waals surface area contributed by atoms with Gasteiger partial charge in [0, 0.05) is 17.5 Å². The summed E-state index contributed by atoms with van der Waals surface area (Å²) in [7, 11) is -3.74. The van der Waals surface area contributed by atoms with Crippen LogP contribution in [-0.4, -0.2) is 19.4 Å². The van der Waals surface area contributed by atoms with Crippen molar-refractivity contribution in [3.05, 3.63) is 71.9 Å². The van der Waals surface area contributed by atoms with Crippen LogP contribution in [0.5, 0.6) is 0 Å². The van der Waals surface area contributed by atoms with E-state index in [0.717, 1.165) is 29.2 Å². The van der Waals surface area contributed by atoms with Crippen LogP contribution in [0.25, 0.3) is 10.6 Å². The third-order valence-corrected chi connectivity index (χ3v) is 7.91. The highest BCUT2D eigenvalue weighted by molar-refractivity contribution is 7.91. The molecular weight excluding hydrogens is 390 g/mol. The standard InChI is InChI=1S/C19H16F2N2O2S2/c1-19(12-5-3-2-4-6-12)10-16(19)23-27(24,25)17-8-7-15(26-17)18-14(21)9-13(20)11-22-18/h2-9,11,16,23H,10H2,1H3/t16-,19+/m0/s1. The van der Waals surface area contributed by atoms with E-state index in [2.05, 4.69) is 9.71 Å². The van der Waals surface area contributed by atoms with Gasteiger partial charge in [0.1, 0.15) is 15.7 Å². The number of thiophene rings is 1. The molecule has 0 aliphatic heterocycles. The summed E-state index contributed by atoms with van der Waals surface area (Å²) in [5.74, 6) is -1.61. The van der Waals surface area contributed by atoms with E-state index in [0.29, 0.717) is 11.3 Å². The molecule has 0 spiro atoms. The number of hydrogen-bond acceptors (Lipinski definition) is 4. The fourth-order valence-corrected chi connectivity index (χ4v) is 5.78. The Hall–Kier alpha value is -2.16. The number of sulfonamides is 1. The van der Waals surface area contributed by atoms with Crippen molar-refractivity contribution in [2.45, 2.75) is 29.0 Å². The normalized spacial score (nSPS) is 22.0. The van der Waals surface area contributed by atoms with Crippen LogP contribution in [0.4, 0.5) is 8.78 Å². The Morgan fingerprint density at radius 2 is 1.93 bits per heavy atom. The second-order valence-corrected chi connectivity index (χ2v) is 9.79. The molecule has 8 heteroatoms. The van der Waals surface area contributed by atoms with E-state index in [-0.39, 0.29) is 21.4 Å². The Balaban J connectivity index is 1.55. The minimum atomic E-state index is -3.74. The molecule has 0 saturated heterocycles. The van der Waals surface area contributed by atoms with Crippen molar-refractivity contribution < 1.29 is 17.2 Å². The van der Waals surface area contributed by atoms with Crippen molar-refractivity contribution in [2.24, 2.45) is 0 Å². The Bertz CT molecular complexity index is 1100. The predicted molar refractivity (Wildman–Crippen MR) is 100.0 cm³/mol. The largest absolute Gasteiger partial charge is 0.250 e. The van der Waals surface area contributed by atoms with Gasteiger partial charge in [-0.3, -0.25) is 0 Å². The average Bonchev–Trinajstić information content (AvgIpc) is 3.05. The predicted octanol–water partition coefficient (Wildman–Crippen LogP) is 4.10. The fraction of sp³-hybridized carbons (Fsp3) is 0.211. The maximum atomic E-state index is 13.9. The van der Waals surface area contributed by atoms with Crippen LogP contribution in [-0.2, 0) is 15.4 Å². The Labute approximate surface area is 160 Å². The summed E-state index contributed by atoms with van der Waals surface area (Å²) in [6.45, 7) is 2.02. The molecule has 2 aromatic heterocycles. The van der Waals surface area contributed by atoms with Gasteiger partial charge >= 0.3 is 0 Å². The number of nitrogens with one attached hydrogen (secondary N) is 1. The molecule has 0 unspecified atom stereocenters. The monoisotopic (exact) mass is 406 g/mol. The quantitative estimate of drug-likeness (QED) is 0.694. The summed E-state index contributed by atoms with van der Waals surface area (Å²) in [5.41, 5.74) is 0.782. The Morgan fingerprint density at radius 3 is 2.63 bits per heavy atom. The summed E-state index contributed by atoms with van der Waals surface area (Å²) >= 11 is 0.903. The van der Waals surface area contributed by atoms with Gasteiger partial charge in [0.05, 0.1) is 11.1 Å². The van der Waals surface area contributed by atoms with Gasteiger partial charge in [-0.1, -0.05) is 37.3 Å². The summed E-state index contributed by atoms with van der Waals surface area (Å²) in [4.78, 5) is 4.05. The molecule has 1 N–H and O–H groups in total. The van der Waals surface area contributed by atoms with Crippen LogP contribution in [0.3, 0.4) is 0 Å². The molecule has 2 atom stereocenters. The molecular formula is C19H16F2N2O2S2. The Kier molecular flexibility index (Phi) is 4.37. The van der Waals surface area contributed by atoms with E-state index in [1.807, 2.05) is 37.3 Å². The van der Waals surface area contributed by atoms with Crippen LogP contribution in [0, 0.1) is 11.6 Å². The van der Waals surface area contributed by atoms with Crippen LogP contribution >= 0.6 is 11.3 Å². The molecule has 27 heavy (non-hydrogen) atoms. The van der Waals surface area contributed by atoms with Gasteiger partial charge in [0.15, 0.2) is 5.82 Å². The first-order valence-corrected chi connectivity index (χ1v) is 10.6. The molecule has 1 aliphatic carbocycles. The van der Waals surface area contributed by atoms with Gasteiger partial charge in [0.2, 0.25) is 10.0 Å². The topological polar surface area (TPSA) is 59.1 Å². The summed E-state index contributed by atoms with van der Waals surface area (Å²) in [6, 6.07) is 13.2. The third-order valence-electron chi connectivity index (χ3n) is 4.86. The Morgan fingerprint density at radius 1 is 1.19 bits per heavy atom. The molecule has 1 saturated carbocycles. The van der Waals surface area contributed by atoms with E-state index in [1.54, 1.807) is 0 Å². The first-order valence-electron chi connectivity index (χ1n) is 8.29. The minimum absolute atomic E-state index is 0.0663. The SMILES string of the molecule is C[C@]1(c2ccccc2)C[C@@H]1NS(=O)(=O)c1ccc(-c2ncc(F)cc2F)s1. The average molecular weight is 406 g/mol. The van der Waals surface area contributed by atoms with Gasteiger partial charge in [0.25, 0.3) is 0 Å². The number of halogens is 2. The lowest BCUT2D eigenvalue weighted by Gasteiger charge is -2.12. The number of nitrogens with zero attached hydrogens (tertiary/aromatic N) is 1. The number of aromatic nitrogens is 1. The first kappa shape index (κ1) is 18.2. The maximum Gasteiger partial charge on any atom is 0.250 e. The molecule has 1 fully saturated rings. The number of hydrogen-bond donors (Lipinski definition) is 1. The van der Waals surface area contributed by atoms with Crippen molar-refractivity contribution in [3.8, 4) is 10.6 Å². The van der Waals surface area contributed by atoms with Crippen LogP contribution in [0.1, 0.15) is 18.9 Å². The van der Waals surface area contributed by atoms with Crippen LogP contribution in [0.15, 0.2) is 58.9 Å². The van der Waals surface area contributed by atoms with Gasteiger partial charge in [-0.15, -0.1) is 11.3 Å². The van der Waals surface area contributed by atoms with Crippen molar-refractivity contribution in [1.82, 2.24) is 9.71 Å². The number of benzene rings is 1. The number of rotatable bonds is 5. The summed E-state index contributed by atoms with van der Waals surface area (Å²) in [5, 5.41) is 0. The molecule has 4 nitrogen and oxygen atoms in total. The van der Waals surface area contributed by atoms with E-state index in [1.165, 1.54) is 12.1 Å². The second kappa shape index (κ2) is 6.47. The molecule has 0 amide bonds. The zero-order chi connectivity index (χ0) is 19.2. The van der Waals surface area contributed by atoms with Gasteiger partial charge < -0.3 is 0 Å². The lowest BCUT2D eigenvalue weighted by molar-refractivity contribution is 0.575. The molecule has 0 bridgehead atoms. The van der Waals surface area contributed by atoms with Gasteiger partial charge in [-0.25, -0.2) is 26.9 Å². The molecule has 3 aromatic rings. The third kappa shape index (κ3) is 3.40. The molecule has 2 heterocycles. The lowest BCUT2D eigenvalue weighted by atomic mass is 9.98. The van der Waals surface area contributed by atoms with Gasteiger partial charge in [-0.2, -0.15) is 0 Å². The van der Waals surface area contributed by atoms with E-state index in [9.17, 15) is 17.2 Å². The van der Waals surface area contributed by atoms with Crippen LogP contribution in [0.2, 0.25) is 0 Å². The fourth-order valence-electron chi connectivity index (χ4n) is 3.11. The van der Waals surface area contributed by atoms with Crippen molar-refractivity contribution >= 4 is 21.4 Å². The maximum absolute atomic E-state index is 13.9. The van der Waals surface area contributed by atoms with E-state index < -0.39 is 21.7 Å². The highest BCUT2D eigenvalue weighted by Crippen LogP contribution is 2.48. The molecule has 4 rings (SSSR count). The van der Waals surface area contributed by atoms with E-state index in [4.69, 9.17) is 0 Å². The molecule has 1 aromatic carbocycles. The van der Waals surface area contributed by atoms with E-state index >= 15 is 0 Å².